The maximum Gasteiger partial charge on any atom is 0.338 e. The van der Waals surface area contributed by atoms with Crippen molar-refractivity contribution in [2.45, 2.75) is 18.3 Å². The van der Waals surface area contributed by atoms with Crippen molar-refractivity contribution >= 4 is 23.4 Å². The van der Waals surface area contributed by atoms with Crippen molar-refractivity contribution in [3.05, 3.63) is 113 Å². The van der Waals surface area contributed by atoms with Crippen LogP contribution in [0.15, 0.2) is 95.7 Å². The average molecular weight is 558 g/mol. The molecule has 0 saturated heterocycles. The van der Waals surface area contributed by atoms with Gasteiger partial charge in [-0.05, 0) is 60.0 Å². The molecule has 2 aliphatic rings. The van der Waals surface area contributed by atoms with E-state index in [2.05, 4.69) is 4.98 Å². The molecule has 2 N–H and O–H groups in total. The highest BCUT2D eigenvalue weighted by molar-refractivity contribution is 6.14. The van der Waals surface area contributed by atoms with Crippen LogP contribution in [0.1, 0.15) is 29.4 Å². The Labute approximate surface area is 236 Å². The first-order chi connectivity index (χ1) is 19.8. The summed E-state index contributed by atoms with van der Waals surface area (Å²) in [5.74, 6) is -4.63. The zero-order valence-electron chi connectivity index (χ0n) is 22.7. The van der Waals surface area contributed by atoms with E-state index in [0.29, 0.717) is 28.3 Å². The monoisotopic (exact) mass is 557 g/mol. The smallest absolute Gasteiger partial charge is 0.338 e. The summed E-state index contributed by atoms with van der Waals surface area (Å²) >= 11 is 0. The van der Waals surface area contributed by atoms with E-state index in [-0.39, 0.29) is 23.4 Å². The first-order valence-corrected chi connectivity index (χ1v) is 12.8. The molecule has 41 heavy (non-hydrogen) atoms. The molecule has 0 fully saturated rings. The second-order valence-electron chi connectivity index (χ2n) is 9.63. The first-order valence-electron chi connectivity index (χ1n) is 12.8. The lowest BCUT2D eigenvalue weighted by Crippen LogP contribution is -2.46. The number of ketones is 1. The fraction of sp³-hybridized carbons (Fsp3) is 0.226. The Morgan fingerprint density at radius 3 is 2.27 bits per heavy atom. The van der Waals surface area contributed by atoms with E-state index in [9.17, 15) is 18.8 Å². The maximum atomic E-state index is 14.5. The van der Waals surface area contributed by atoms with Gasteiger partial charge in [0.2, 0.25) is 0 Å². The molecule has 3 aromatic rings. The number of Topliss-reactive ketones (excluding diaryl/α,β-unsaturated/α-hetero) is 1. The van der Waals surface area contributed by atoms with Crippen LogP contribution < -0.4 is 15.4 Å². The molecule has 3 atom stereocenters. The van der Waals surface area contributed by atoms with E-state index < -0.39 is 41.3 Å². The van der Waals surface area contributed by atoms with E-state index in [0.717, 1.165) is 0 Å². The molecule has 1 aliphatic carbocycles. The summed E-state index contributed by atoms with van der Waals surface area (Å²) in [6.45, 7) is 0. The number of aromatic nitrogens is 1. The van der Waals surface area contributed by atoms with Gasteiger partial charge in [0.15, 0.2) is 5.78 Å². The summed E-state index contributed by atoms with van der Waals surface area (Å²) < 4.78 is 29.5. The van der Waals surface area contributed by atoms with Crippen molar-refractivity contribution in [3.8, 4) is 5.75 Å². The van der Waals surface area contributed by atoms with Crippen molar-refractivity contribution in [3.63, 3.8) is 0 Å². The molecule has 9 nitrogen and oxygen atoms in total. The summed E-state index contributed by atoms with van der Waals surface area (Å²) in [7, 11) is 3.99. The van der Waals surface area contributed by atoms with E-state index in [1.54, 1.807) is 54.6 Å². The summed E-state index contributed by atoms with van der Waals surface area (Å²) in [5, 5.41) is 0. The van der Waals surface area contributed by atoms with E-state index in [4.69, 9.17) is 19.9 Å². The number of carbonyl (C=O) groups excluding carboxylic acids is 3. The van der Waals surface area contributed by atoms with Crippen LogP contribution in [-0.2, 0) is 23.9 Å². The highest BCUT2D eigenvalue weighted by Crippen LogP contribution is 2.51. The van der Waals surface area contributed by atoms with Crippen molar-refractivity contribution in [1.29, 1.82) is 0 Å². The van der Waals surface area contributed by atoms with Crippen LogP contribution in [0.2, 0.25) is 0 Å². The predicted octanol–water partition coefficient (Wildman–Crippen LogP) is 3.98. The molecule has 1 aliphatic heterocycles. The van der Waals surface area contributed by atoms with Crippen LogP contribution in [0.4, 0.5) is 10.1 Å². The summed E-state index contributed by atoms with van der Waals surface area (Å²) in [6, 6.07) is 16.0. The lowest BCUT2D eigenvalue weighted by Gasteiger charge is -2.44. The van der Waals surface area contributed by atoms with Gasteiger partial charge in [0.25, 0.3) is 0 Å². The zero-order valence-corrected chi connectivity index (χ0v) is 22.7. The van der Waals surface area contributed by atoms with Gasteiger partial charge in [0.1, 0.15) is 23.3 Å². The Morgan fingerprint density at radius 1 is 0.976 bits per heavy atom. The third-order valence-electron chi connectivity index (χ3n) is 7.55. The molecular formula is C31H28FN3O6. The van der Waals surface area contributed by atoms with Gasteiger partial charge in [-0.2, -0.15) is 0 Å². The fourth-order valence-electron chi connectivity index (χ4n) is 5.66. The lowest BCUT2D eigenvalue weighted by atomic mass is 9.67. The minimum Gasteiger partial charge on any atom is -0.497 e. The van der Waals surface area contributed by atoms with Gasteiger partial charge in [-0.3, -0.25) is 19.5 Å². The molecule has 10 heteroatoms. The molecule has 0 radical (unpaired) electrons. The average Bonchev–Trinajstić information content (AvgIpc) is 3.00. The summed E-state index contributed by atoms with van der Waals surface area (Å²) in [5.41, 5.74) is 9.05. The van der Waals surface area contributed by atoms with Gasteiger partial charge in [-0.15, -0.1) is 0 Å². The molecule has 2 heterocycles. The Hall–Kier alpha value is -4.99. The molecule has 3 unspecified atom stereocenters. The normalized spacial score (nSPS) is 20.4. The quantitative estimate of drug-likeness (QED) is 0.354. The topological polar surface area (TPSA) is 121 Å². The number of ether oxygens (including phenoxy) is 3. The van der Waals surface area contributed by atoms with Crippen molar-refractivity contribution in [2.75, 3.05) is 26.2 Å². The van der Waals surface area contributed by atoms with Crippen LogP contribution in [0.5, 0.6) is 5.75 Å². The Bertz CT molecular complexity index is 1550. The summed E-state index contributed by atoms with van der Waals surface area (Å²) in [6.07, 6.45) is 3.28. The molecule has 0 amide bonds. The molecule has 0 bridgehead atoms. The van der Waals surface area contributed by atoms with Gasteiger partial charge in [0.05, 0.1) is 32.8 Å². The molecule has 0 spiro atoms. The van der Waals surface area contributed by atoms with Crippen LogP contribution in [-0.4, -0.2) is 44.0 Å². The SMILES string of the molecule is COC(=O)C1=C(N)N(c2ccc(F)cc2)C2=C(C(=O)C(C(=O)OC)C(c3ccc(OC)cc3)C2)C1c1cccnc1. The molecule has 5 rings (SSSR count). The van der Waals surface area contributed by atoms with Crippen LogP contribution in [0.3, 0.4) is 0 Å². The van der Waals surface area contributed by atoms with Crippen molar-refractivity contribution in [1.82, 2.24) is 4.98 Å². The number of carbonyl (C=O) groups is 3. The minimum atomic E-state index is -1.21. The number of methoxy groups -OCH3 is 3. The van der Waals surface area contributed by atoms with E-state index in [1.807, 2.05) is 0 Å². The number of benzene rings is 2. The van der Waals surface area contributed by atoms with Gasteiger partial charge < -0.3 is 19.9 Å². The zero-order chi connectivity index (χ0) is 29.3. The standard InChI is InChI=1S/C31H28FN3O6/c1-39-21-12-6-17(7-13-21)22-15-23-26(28(36)25(22)30(37)40-2)24(18-5-4-14-34-16-18)27(31(38)41-3)29(33)35(23)20-10-8-19(32)9-11-20/h4-14,16,22,24-25H,15,33H2,1-3H3. The van der Waals surface area contributed by atoms with Gasteiger partial charge >= 0.3 is 11.9 Å². The van der Waals surface area contributed by atoms with Crippen molar-refractivity contribution < 1.29 is 33.0 Å². The number of esters is 2. The molecule has 210 valence electrons. The number of nitrogens with two attached hydrogens (primary N) is 1. The third-order valence-corrected chi connectivity index (χ3v) is 7.55. The molecule has 0 saturated carbocycles. The van der Waals surface area contributed by atoms with E-state index in [1.165, 1.54) is 44.7 Å². The highest BCUT2D eigenvalue weighted by Gasteiger charge is 2.51. The molecule has 2 aromatic carbocycles. The number of hydrogen-bond acceptors (Lipinski definition) is 9. The Balaban J connectivity index is 1.80. The second-order valence-corrected chi connectivity index (χ2v) is 9.63. The summed E-state index contributed by atoms with van der Waals surface area (Å²) in [4.78, 5) is 46.8. The molecule has 1 aromatic heterocycles. The molecular weight excluding hydrogens is 529 g/mol. The maximum absolute atomic E-state index is 14.5. The van der Waals surface area contributed by atoms with Gasteiger partial charge in [-0.25, -0.2) is 9.18 Å². The highest BCUT2D eigenvalue weighted by atomic mass is 19.1. The first kappa shape index (κ1) is 27.6. The van der Waals surface area contributed by atoms with Crippen LogP contribution in [0, 0.1) is 11.7 Å². The Morgan fingerprint density at radius 2 is 1.68 bits per heavy atom. The predicted molar refractivity (Wildman–Crippen MR) is 147 cm³/mol. The van der Waals surface area contributed by atoms with Gasteiger partial charge in [-0.1, -0.05) is 18.2 Å². The minimum absolute atomic E-state index is 0.00318. The van der Waals surface area contributed by atoms with Crippen molar-refractivity contribution in [2.24, 2.45) is 11.7 Å². The van der Waals surface area contributed by atoms with Crippen LogP contribution in [0.25, 0.3) is 0 Å². The number of nitrogens with zero attached hydrogens (tertiary/aromatic N) is 2. The second kappa shape index (κ2) is 11.2. The van der Waals surface area contributed by atoms with E-state index >= 15 is 0 Å². The number of halogens is 1. The number of anilines is 1. The number of rotatable bonds is 6. The number of pyridine rings is 1. The lowest BCUT2D eigenvalue weighted by molar-refractivity contribution is -0.150. The number of hydrogen-bond donors (Lipinski definition) is 1. The fourth-order valence-corrected chi connectivity index (χ4v) is 5.66. The largest absolute Gasteiger partial charge is 0.497 e. The van der Waals surface area contributed by atoms with Crippen LogP contribution >= 0.6 is 0 Å². The third kappa shape index (κ3) is 4.82. The van der Waals surface area contributed by atoms with Gasteiger partial charge in [0, 0.05) is 35.3 Å². The Kier molecular flexibility index (Phi) is 7.56. The number of allylic oxidation sites excluding steroid dienone is 2.